The van der Waals surface area contributed by atoms with E-state index in [1.54, 1.807) is 20.8 Å². The molecule has 2 fully saturated rings. The molecule has 4 amide bonds. The van der Waals surface area contributed by atoms with E-state index in [0.717, 1.165) is 0 Å². The minimum Gasteiger partial charge on any atom is -0.433 e. The fourth-order valence-corrected chi connectivity index (χ4v) is 4.70. The van der Waals surface area contributed by atoms with Gasteiger partial charge in [-0.3, -0.25) is 24.0 Å². The van der Waals surface area contributed by atoms with Crippen LogP contribution in [0, 0.1) is 5.92 Å². The zero-order valence-electron chi connectivity index (χ0n) is 21.5. The average Bonchev–Trinajstić information content (AvgIpc) is 3.43. The molecule has 3 aliphatic rings. The van der Waals surface area contributed by atoms with Gasteiger partial charge in [-0.2, -0.15) is 0 Å². The minimum absolute atomic E-state index is 0.0290. The third-order valence-electron chi connectivity index (χ3n) is 6.50. The first kappa shape index (κ1) is 28.3. The Labute approximate surface area is 215 Å². The molecule has 37 heavy (non-hydrogen) atoms. The standard InChI is InChI=1S/C25H35FN4O7/c1-5-36-25-18(12-20(32)37-25)28-23(34)19-7-6-10-30(19)24(35)21(13(2)3)29-22(33)16-9-8-15(11-17(16)26)27-14(4)31/h8-9,13,15,18-19,21,25H,5-7,10-12H2,1-4H3,(H,27,31)(H,28,34)(H,29,33)/t15?,18-,19-,21-,25+/m0/s1. The summed E-state index contributed by atoms with van der Waals surface area (Å²) in [7, 11) is 0. The number of nitrogens with one attached hydrogen (secondary N) is 3. The lowest BCUT2D eigenvalue weighted by Gasteiger charge is -2.31. The maximum Gasteiger partial charge on any atom is 0.310 e. The fraction of sp³-hybridized carbons (Fsp3) is 0.640. The van der Waals surface area contributed by atoms with Crippen molar-refractivity contribution in [2.24, 2.45) is 5.92 Å². The molecule has 0 bridgehead atoms. The van der Waals surface area contributed by atoms with Crippen LogP contribution in [0.15, 0.2) is 23.6 Å². The zero-order valence-corrected chi connectivity index (χ0v) is 21.5. The van der Waals surface area contributed by atoms with Gasteiger partial charge in [0, 0.05) is 26.5 Å². The Morgan fingerprint density at radius 1 is 1.22 bits per heavy atom. The summed E-state index contributed by atoms with van der Waals surface area (Å²) in [6.07, 6.45) is 2.76. The topological polar surface area (TPSA) is 143 Å². The van der Waals surface area contributed by atoms with Crippen LogP contribution in [-0.4, -0.2) is 78.1 Å². The third kappa shape index (κ3) is 6.94. The Morgan fingerprint density at radius 2 is 1.95 bits per heavy atom. The Morgan fingerprint density at radius 3 is 2.57 bits per heavy atom. The molecule has 3 rings (SSSR count). The van der Waals surface area contributed by atoms with E-state index in [1.165, 1.54) is 24.0 Å². The van der Waals surface area contributed by atoms with E-state index >= 15 is 0 Å². The molecule has 2 saturated heterocycles. The number of hydrogen-bond acceptors (Lipinski definition) is 7. The molecule has 0 saturated carbocycles. The highest BCUT2D eigenvalue weighted by molar-refractivity contribution is 6.00. The highest BCUT2D eigenvalue weighted by Crippen LogP contribution is 2.24. The number of hydrogen-bond donors (Lipinski definition) is 3. The molecule has 5 atom stereocenters. The number of cyclic esters (lactones) is 1. The summed E-state index contributed by atoms with van der Waals surface area (Å²) in [5.74, 6) is -3.45. The van der Waals surface area contributed by atoms with Gasteiger partial charge in [-0.1, -0.05) is 19.9 Å². The maximum absolute atomic E-state index is 14.7. The lowest BCUT2D eigenvalue weighted by atomic mass is 9.98. The molecule has 1 aliphatic carbocycles. The van der Waals surface area contributed by atoms with Crippen molar-refractivity contribution in [2.75, 3.05) is 13.2 Å². The van der Waals surface area contributed by atoms with E-state index in [2.05, 4.69) is 16.0 Å². The average molecular weight is 523 g/mol. The summed E-state index contributed by atoms with van der Waals surface area (Å²) >= 11 is 0. The second-order valence-corrected chi connectivity index (χ2v) is 9.71. The van der Waals surface area contributed by atoms with Crippen LogP contribution in [0.4, 0.5) is 4.39 Å². The Kier molecular flexibility index (Phi) is 9.41. The number of halogens is 1. The summed E-state index contributed by atoms with van der Waals surface area (Å²) < 4.78 is 25.1. The number of ether oxygens (including phenoxy) is 2. The van der Waals surface area contributed by atoms with Gasteiger partial charge in [0.25, 0.3) is 5.91 Å². The van der Waals surface area contributed by atoms with E-state index in [4.69, 9.17) is 9.47 Å². The summed E-state index contributed by atoms with van der Waals surface area (Å²) in [4.78, 5) is 63.8. The fourth-order valence-electron chi connectivity index (χ4n) is 4.70. The number of rotatable bonds is 9. The highest BCUT2D eigenvalue weighted by atomic mass is 19.1. The first-order valence-electron chi connectivity index (χ1n) is 12.6. The molecule has 12 heteroatoms. The van der Waals surface area contributed by atoms with Crippen molar-refractivity contribution in [1.82, 2.24) is 20.9 Å². The molecular formula is C25H35FN4O7. The monoisotopic (exact) mass is 522 g/mol. The van der Waals surface area contributed by atoms with Crippen molar-refractivity contribution in [1.29, 1.82) is 0 Å². The Hall–Kier alpha value is -3.28. The quantitative estimate of drug-likeness (QED) is 0.376. The second-order valence-electron chi connectivity index (χ2n) is 9.71. The lowest BCUT2D eigenvalue weighted by molar-refractivity contribution is -0.164. The van der Waals surface area contributed by atoms with Crippen LogP contribution >= 0.6 is 0 Å². The van der Waals surface area contributed by atoms with Crippen LogP contribution in [0.3, 0.4) is 0 Å². The van der Waals surface area contributed by atoms with Crippen molar-refractivity contribution in [2.45, 2.75) is 83.8 Å². The molecule has 11 nitrogen and oxygen atoms in total. The first-order valence-corrected chi connectivity index (χ1v) is 12.6. The first-order chi connectivity index (χ1) is 17.5. The third-order valence-corrected chi connectivity index (χ3v) is 6.50. The second kappa shape index (κ2) is 12.3. The van der Waals surface area contributed by atoms with Gasteiger partial charge in [-0.05, 0) is 31.8 Å². The van der Waals surface area contributed by atoms with Crippen molar-refractivity contribution < 1.29 is 37.8 Å². The minimum atomic E-state index is -0.991. The molecule has 0 aromatic heterocycles. The molecule has 3 N–H and O–H groups in total. The molecular weight excluding hydrogens is 487 g/mol. The van der Waals surface area contributed by atoms with Gasteiger partial charge in [0.1, 0.15) is 24.0 Å². The van der Waals surface area contributed by atoms with Crippen LogP contribution in [0.25, 0.3) is 0 Å². The Bertz CT molecular complexity index is 996. The van der Waals surface area contributed by atoms with Crippen molar-refractivity contribution in [3.63, 3.8) is 0 Å². The summed E-state index contributed by atoms with van der Waals surface area (Å²) in [6, 6.07) is -2.99. The molecule has 2 heterocycles. The van der Waals surface area contributed by atoms with E-state index in [9.17, 15) is 28.4 Å². The van der Waals surface area contributed by atoms with Crippen molar-refractivity contribution >= 4 is 29.6 Å². The number of amides is 4. The predicted molar refractivity (Wildman–Crippen MR) is 129 cm³/mol. The van der Waals surface area contributed by atoms with Gasteiger partial charge in [0.15, 0.2) is 0 Å². The van der Waals surface area contributed by atoms with Gasteiger partial charge in [-0.25, -0.2) is 4.39 Å². The van der Waals surface area contributed by atoms with E-state index in [1.807, 2.05) is 0 Å². The normalized spacial score (nSPS) is 26.2. The van der Waals surface area contributed by atoms with Crippen LogP contribution in [0.5, 0.6) is 0 Å². The van der Waals surface area contributed by atoms with Crippen molar-refractivity contribution in [3.05, 3.63) is 23.6 Å². The van der Waals surface area contributed by atoms with Crippen LogP contribution in [-0.2, 0) is 33.4 Å². The van der Waals surface area contributed by atoms with Gasteiger partial charge < -0.3 is 30.3 Å². The SMILES string of the molecule is CCO[C@@H]1OC(=O)C[C@@H]1NC(=O)[C@@H]1CCCN1C(=O)[C@@H](NC(=O)C1=C(F)CC(NC(C)=O)C=C1)C(C)C. The molecule has 2 aliphatic heterocycles. The molecule has 204 valence electrons. The van der Waals surface area contributed by atoms with Crippen LogP contribution in [0.2, 0.25) is 0 Å². The highest BCUT2D eigenvalue weighted by Gasteiger charge is 2.42. The number of esters is 1. The van der Waals surface area contributed by atoms with Crippen molar-refractivity contribution in [3.8, 4) is 0 Å². The number of carbonyl (C=O) groups is 5. The maximum atomic E-state index is 14.7. The van der Waals surface area contributed by atoms with Gasteiger partial charge >= 0.3 is 5.97 Å². The van der Waals surface area contributed by atoms with Crippen LogP contribution < -0.4 is 16.0 Å². The van der Waals surface area contributed by atoms with E-state index in [-0.39, 0.29) is 30.2 Å². The number of likely N-dealkylation sites (tertiary alicyclic amines) is 1. The summed E-state index contributed by atoms with van der Waals surface area (Å²) in [5, 5.41) is 7.97. The van der Waals surface area contributed by atoms with Crippen LogP contribution in [0.1, 0.15) is 53.4 Å². The number of carbonyl (C=O) groups excluding carboxylic acids is 5. The predicted octanol–water partition coefficient (Wildman–Crippen LogP) is 0.601. The smallest absolute Gasteiger partial charge is 0.310 e. The number of nitrogens with zero attached hydrogens (tertiary/aromatic N) is 1. The molecule has 1 unspecified atom stereocenters. The van der Waals surface area contributed by atoms with E-state index in [0.29, 0.717) is 26.0 Å². The van der Waals surface area contributed by atoms with E-state index < -0.39 is 60.0 Å². The van der Waals surface area contributed by atoms with Gasteiger partial charge in [0.05, 0.1) is 18.0 Å². The summed E-state index contributed by atoms with van der Waals surface area (Å²) in [5.41, 5.74) is -0.205. The lowest BCUT2D eigenvalue weighted by Crippen LogP contribution is -2.56. The summed E-state index contributed by atoms with van der Waals surface area (Å²) in [6.45, 7) is 7.18. The molecule has 0 aromatic carbocycles. The molecule has 0 aromatic rings. The van der Waals surface area contributed by atoms with Gasteiger partial charge in [-0.15, -0.1) is 0 Å². The molecule has 0 radical (unpaired) electrons. The zero-order chi connectivity index (χ0) is 27.3. The van der Waals surface area contributed by atoms with Gasteiger partial charge in [0.2, 0.25) is 24.0 Å². The molecule has 0 spiro atoms. The largest absolute Gasteiger partial charge is 0.433 e. The Balaban J connectivity index is 1.67.